The summed E-state index contributed by atoms with van der Waals surface area (Å²) in [5.41, 5.74) is 2.63. The number of carbonyl (C=O) groups excluding carboxylic acids is 2. The van der Waals surface area contributed by atoms with Crippen LogP contribution in [-0.2, 0) is 11.8 Å². The molecule has 31 heavy (non-hydrogen) atoms. The second-order valence-electron chi connectivity index (χ2n) is 7.08. The predicted molar refractivity (Wildman–Crippen MR) is 119 cm³/mol. The van der Waals surface area contributed by atoms with Crippen molar-refractivity contribution in [2.24, 2.45) is 7.05 Å². The van der Waals surface area contributed by atoms with Crippen molar-refractivity contribution >= 4 is 35.0 Å². The Labute approximate surface area is 184 Å². The second kappa shape index (κ2) is 9.20. The van der Waals surface area contributed by atoms with Gasteiger partial charge in [0.25, 0.3) is 5.91 Å². The lowest BCUT2D eigenvalue weighted by Crippen LogP contribution is -2.43. The molecule has 1 aromatic heterocycles. The zero-order valence-corrected chi connectivity index (χ0v) is 17.7. The van der Waals surface area contributed by atoms with Crippen LogP contribution >= 0.6 is 11.6 Å². The Morgan fingerprint density at radius 2 is 1.74 bits per heavy atom. The predicted octanol–water partition coefficient (Wildman–Crippen LogP) is 3.86. The highest BCUT2D eigenvalue weighted by molar-refractivity contribution is 6.34. The highest BCUT2D eigenvalue weighted by atomic mass is 35.5. The van der Waals surface area contributed by atoms with Gasteiger partial charge in [-0.25, -0.2) is 4.79 Å². The molecule has 0 atom stereocenters. The SMILES string of the molecule is Cn1nc(-c2ccc(NC(=O)c3ccccc3Cl)cc2)cc1NC(=O)N1CCOCC1. The summed E-state index contributed by atoms with van der Waals surface area (Å²) in [7, 11) is 1.77. The molecule has 160 valence electrons. The maximum absolute atomic E-state index is 12.4. The highest BCUT2D eigenvalue weighted by Crippen LogP contribution is 2.24. The fourth-order valence-electron chi connectivity index (χ4n) is 3.25. The number of halogens is 1. The van der Waals surface area contributed by atoms with Gasteiger partial charge < -0.3 is 15.0 Å². The van der Waals surface area contributed by atoms with Crippen molar-refractivity contribution in [1.29, 1.82) is 0 Å². The molecular weight excluding hydrogens is 418 g/mol. The fourth-order valence-corrected chi connectivity index (χ4v) is 3.47. The first kappa shape index (κ1) is 20.9. The quantitative estimate of drug-likeness (QED) is 0.646. The molecule has 3 aromatic rings. The zero-order chi connectivity index (χ0) is 21.8. The molecule has 1 fully saturated rings. The van der Waals surface area contributed by atoms with Crippen molar-refractivity contribution in [2.75, 3.05) is 36.9 Å². The number of hydrogen-bond donors (Lipinski definition) is 2. The summed E-state index contributed by atoms with van der Waals surface area (Å²) in [6.45, 7) is 2.22. The van der Waals surface area contributed by atoms with Crippen molar-refractivity contribution in [3.05, 3.63) is 65.2 Å². The lowest BCUT2D eigenvalue weighted by Gasteiger charge is -2.26. The van der Waals surface area contributed by atoms with E-state index in [0.29, 0.717) is 54.1 Å². The van der Waals surface area contributed by atoms with Crippen molar-refractivity contribution in [3.63, 3.8) is 0 Å². The monoisotopic (exact) mass is 439 g/mol. The Balaban J connectivity index is 1.43. The maximum Gasteiger partial charge on any atom is 0.323 e. The molecule has 2 N–H and O–H groups in total. The summed E-state index contributed by atoms with van der Waals surface area (Å²) in [6, 6.07) is 15.8. The van der Waals surface area contributed by atoms with Crippen molar-refractivity contribution in [3.8, 4) is 11.3 Å². The molecule has 0 spiro atoms. The number of nitrogens with zero attached hydrogens (tertiary/aromatic N) is 3. The first-order chi connectivity index (χ1) is 15.0. The van der Waals surface area contributed by atoms with E-state index in [1.54, 1.807) is 53.0 Å². The number of aryl methyl sites for hydroxylation is 1. The highest BCUT2D eigenvalue weighted by Gasteiger charge is 2.18. The molecule has 8 nitrogen and oxygen atoms in total. The van der Waals surface area contributed by atoms with Crippen molar-refractivity contribution in [1.82, 2.24) is 14.7 Å². The van der Waals surface area contributed by atoms with E-state index in [1.807, 2.05) is 18.2 Å². The first-order valence-electron chi connectivity index (χ1n) is 9.85. The average Bonchev–Trinajstić information content (AvgIpc) is 3.15. The summed E-state index contributed by atoms with van der Waals surface area (Å²) in [4.78, 5) is 26.5. The summed E-state index contributed by atoms with van der Waals surface area (Å²) < 4.78 is 6.90. The number of nitrogens with one attached hydrogen (secondary N) is 2. The zero-order valence-electron chi connectivity index (χ0n) is 17.0. The number of rotatable bonds is 4. The Kier molecular flexibility index (Phi) is 6.20. The molecule has 3 amide bonds. The van der Waals surface area contributed by atoms with E-state index in [0.717, 1.165) is 5.56 Å². The van der Waals surface area contributed by atoms with Crippen LogP contribution < -0.4 is 10.6 Å². The van der Waals surface area contributed by atoms with E-state index in [1.165, 1.54) is 0 Å². The maximum atomic E-state index is 12.4. The Bertz CT molecular complexity index is 1090. The molecular formula is C22H22ClN5O3. The van der Waals surface area contributed by atoms with Crippen molar-refractivity contribution in [2.45, 2.75) is 0 Å². The van der Waals surface area contributed by atoms with Gasteiger partial charge in [-0.3, -0.25) is 14.8 Å². The van der Waals surface area contributed by atoms with Gasteiger partial charge in [0, 0.05) is 37.5 Å². The number of aromatic nitrogens is 2. The molecule has 4 rings (SSSR count). The van der Waals surface area contributed by atoms with Gasteiger partial charge in [0.2, 0.25) is 0 Å². The van der Waals surface area contributed by atoms with Gasteiger partial charge in [-0.2, -0.15) is 5.10 Å². The van der Waals surface area contributed by atoms with Crippen molar-refractivity contribution < 1.29 is 14.3 Å². The second-order valence-corrected chi connectivity index (χ2v) is 7.49. The molecule has 2 aromatic carbocycles. The van der Waals surface area contributed by atoms with Crippen LogP contribution in [0.15, 0.2) is 54.6 Å². The molecule has 0 aliphatic carbocycles. The fraction of sp³-hybridized carbons (Fsp3) is 0.227. The molecule has 1 aliphatic heterocycles. The Hall–Kier alpha value is -3.36. The van der Waals surface area contributed by atoms with Crippen LogP contribution in [0.2, 0.25) is 5.02 Å². The minimum absolute atomic E-state index is 0.171. The van der Waals surface area contributed by atoms with Crippen LogP contribution in [0.5, 0.6) is 0 Å². The summed E-state index contributed by atoms with van der Waals surface area (Å²) in [6.07, 6.45) is 0. The number of urea groups is 1. The molecule has 9 heteroatoms. The topological polar surface area (TPSA) is 88.5 Å². The lowest BCUT2D eigenvalue weighted by atomic mass is 10.1. The van der Waals surface area contributed by atoms with Crippen LogP contribution in [-0.4, -0.2) is 52.9 Å². The number of morpholine rings is 1. The van der Waals surface area contributed by atoms with Gasteiger partial charge in [0.05, 0.1) is 29.5 Å². The van der Waals surface area contributed by atoms with Gasteiger partial charge in [0.15, 0.2) is 0 Å². The van der Waals surface area contributed by atoms with Crippen LogP contribution in [0.25, 0.3) is 11.3 Å². The van der Waals surface area contributed by atoms with E-state index in [9.17, 15) is 9.59 Å². The molecule has 1 aliphatic rings. The number of amides is 3. The number of hydrogen-bond acceptors (Lipinski definition) is 4. The number of ether oxygens (including phenoxy) is 1. The summed E-state index contributed by atoms with van der Waals surface area (Å²) in [5.74, 6) is 0.326. The van der Waals surface area contributed by atoms with Gasteiger partial charge >= 0.3 is 6.03 Å². The van der Waals surface area contributed by atoms with Crippen LogP contribution in [0.4, 0.5) is 16.3 Å². The smallest absolute Gasteiger partial charge is 0.323 e. The van der Waals surface area contributed by atoms with Crippen LogP contribution in [0.1, 0.15) is 10.4 Å². The third kappa shape index (κ3) is 4.87. The summed E-state index contributed by atoms with van der Waals surface area (Å²) in [5, 5.41) is 10.6. The first-order valence-corrected chi connectivity index (χ1v) is 10.2. The Morgan fingerprint density at radius 3 is 2.45 bits per heavy atom. The van der Waals surface area contributed by atoms with Gasteiger partial charge in [-0.15, -0.1) is 0 Å². The number of benzene rings is 2. The lowest BCUT2D eigenvalue weighted by molar-refractivity contribution is 0.0564. The van der Waals surface area contributed by atoms with Gasteiger partial charge in [-0.1, -0.05) is 35.9 Å². The molecule has 1 saturated heterocycles. The standard InChI is InChI=1S/C22H22ClN5O3/c1-27-20(25-22(30)28-10-12-31-13-11-28)14-19(26-27)15-6-8-16(9-7-15)24-21(29)17-4-2-3-5-18(17)23/h2-9,14H,10-13H2,1H3,(H,24,29)(H,25,30). The Morgan fingerprint density at radius 1 is 1.03 bits per heavy atom. The van der Waals surface area contributed by atoms with E-state index in [4.69, 9.17) is 16.3 Å². The molecule has 0 radical (unpaired) electrons. The van der Waals surface area contributed by atoms with Gasteiger partial charge in [0.1, 0.15) is 5.82 Å². The molecule has 2 heterocycles. The largest absolute Gasteiger partial charge is 0.378 e. The van der Waals surface area contributed by atoms with Gasteiger partial charge in [-0.05, 0) is 24.3 Å². The van der Waals surface area contributed by atoms with E-state index in [2.05, 4.69) is 15.7 Å². The van der Waals surface area contributed by atoms with E-state index < -0.39 is 0 Å². The number of anilines is 2. The summed E-state index contributed by atoms with van der Waals surface area (Å²) >= 11 is 6.08. The van der Waals surface area contributed by atoms with Crippen LogP contribution in [0, 0.1) is 0 Å². The minimum atomic E-state index is -0.274. The third-order valence-corrected chi connectivity index (χ3v) is 5.30. The molecule has 0 unspecified atom stereocenters. The molecule has 0 saturated carbocycles. The third-order valence-electron chi connectivity index (χ3n) is 4.97. The normalized spacial score (nSPS) is 13.7. The number of carbonyl (C=O) groups is 2. The average molecular weight is 440 g/mol. The molecule has 0 bridgehead atoms. The minimum Gasteiger partial charge on any atom is -0.378 e. The van der Waals surface area contributed by atoms with Crippen LogP contribution in [0.3, 0.4) is 0 Å². The van der Waals surface area contributed by atoms with E-state index in [-0.39, 0.29) is 11.9 Å². The van der Waals surface area contributed by atoms with E-state index >= 15 is 0 Å².